The number of nitrogens with zero attached hydrogens (tertiary/aromatic N) is 1. The largest absolute Gasteiger partial charge is 0.480 e. The zero-order valence-corrected chi connectivity index (χ0v) is 9.93. The highest BCUT2D eigenvalue weighted by Crippen LogP contribution is 1.95. The summed E-state index contributed by atoms with van der Waals surface area (Å²) in [6.07, 6.45) is -1.23. The van der Waals surface area contributed by atoms with E-state index < -0.39 is 24.1 Å². The van der Waals surface area contributed by atoms with Gasteiger partial charge in [0.15, 0.2) is 6.04 Å². The molecule has 17 heavy (non-hydrogen) atoms. The second-order valence-electron chi connectivity index (χ2n) is 3.54. The average Bonchev–Trinajstić information content (AvgIpc) is 2.23. The van der Waals surface area contributed by atoms with Crippen LogP contribution in [0.15, 0.2) is 0 Å². The van der Waals surface area contributed by atoms with Gasteiger partial charge in [0, 0.05) is 14.1 Å². The van der Waals surface area contributed by atoms with Gasteiger partial charge in [-0.05, 0) is 6.92 Å². The van der Waals surface area contributed by atoms with Crippen molar-refractivity contribution in [3.8, 4) is 0 Å². The highest BCUT2D eigenvalue weighted by Gasteiger charge is 2.26. The van der Waals surface area contributed by atoms with E-state index in [4.69, 9.17) is 10.2 Å². The molecule has 98 valence electrons. The molecule has 0 saturated heterocycles. The van der Waals surface area contributed by atoms with E-state index in [0.29, 0.717) is 0 Å². The van der Waals surface area contributed by atoms with Crippen LogP contribution in [-0.2, 0) is 9.59 Å². The number of urea groups is 1. The molecule has 8 heteroatoms. The van der Waals surface area contributed by atoms with Gasteiger partial charge in [0.25, 0.3) is 0 Å². The van der Waals surface area contributed by atoms with Crippen molar-refractivity contribution in [2.45, 2.75) is 19.1 Å². The molecule has 2 atom stereocenters. The quantitative estimate of drug-likeness (QED) is 0.457. The van der Waals surface area contributed by atoms with E-state index in [0.717, 1.165) is 4.90 Å². The van der Waals surface area contributed by atoms with Crippen molar-refractivity contribution in [3.63, 3.8) is 0 Å². The van der Waals surface area contributed by atoms with Gasteiger partial charge >= 0.3 is 12.0 Å². The van der Waals surface area contributed by atoms with E-state index in [-0.39, 0.29) is 12.5 Å². The smallest absolute Gasteiger partial charge is 0.328 e. The highest BCUT2D eigenvalue weighted by molar-refractivity contribution is 5.86. The van der Waals surface area contributed by atoms with Crippen LogP contribution in [0.4, 0.5) is 4.79 Å². The van der Waals surface area contributed by atoms with Gasteiger partial charge in [-0.1, -0.05) is 0 Å². The topological polar surface area (TPSA) is 119 Å². The molecule has 0 aromatic rings. The fraction of sp³-hybridized carbons (Fsp3) is 0.667. The van der Waals surface area contributed by atoms with Crippen molar-refractivity contribution < 1.29 is 24.6 Å². The number of amides is 3. The van der Waals surface area contributed by atoms with Crippen LogP contribution in [-0.4, -0.2) is 65.8 Å². The Hall–Kier alpha value is -1.83. The fourth-order valence-electron chi connectivity index (χ4n) is 0.998. The molecule has 0 rings (SSSR count). The number of nitrogens with one attached hydrogen (secondary N) is 2. The molecule has 0 aliphatic rings. The van der Waals surface area contributed by atoms with Gasteiger partial charge in [0.1, 0.15) is 6.54 Å². The maximum Gasteiger partial charge on any atom is 0.328 e. The summed E-state index contributed by atoms with van der Waals surface area (Å²) in [6.45, 7) is 1.05. The van der Waals surface area contributed by atoms with E-state index >= 15 is 0 Å². The predicted octanol–water partition coefficient (Wildman–Crippen LogP) is -1.79. The standard InChI is InChI=1S/C9H17N3O5/c1-5(13)7(8(15)16)11-9(17)12(3)4-6(14)10-2/h5,7,13H,4H2,1-3H3,(H,10,14)(H,11,17)(H,15,16)/t5-,7+/m1/s1. The number of rotatable bonds is 5. The third-order valence-corrected chi connectivity index (χ3v) is 2.03. The van der Waals surface area contributed by atoms with Crippen molar-refractivity contribution in [2.24, 2.45) is 0 Å². The minimum Gasteiger partial charge on any atom is -0.480 e. The zero-order valence-electron chi connectivity index (χ0n) is 9.93. The Morgan fingerprint density at radius 2 is 1.88 bits per heavy atom. The molecule has 0 radical (unpaired) electrons. The minimum atomic E-state index is -1.41. The van der Waals surface area contributed by atoms with Crippen LogP contribution in [0.2, 0.25) is 0 Å². The van der Waals surface area contributed by atoms with Crippen LogP contribution in [0, 0.1) is 0 Å². The molecule has 0 aromatic carbocycles. The molecular weight excluding hydrogens is 230 g/mol. The van der Waals surface area contributed by atoms with Crippen molar-refractivity contribution in [1.29, 1.82) is 0 Å². The molecule has 4 N–H and O–H groups in total. The van der Waals surface area contributed by atoms with E-state index in [1.54, 1.807) is 0 Å². The Balaban J connectivity index is 4.41. The molecule has 0 unspecified atom stereocenters. The van der Waals surface area contributed by atoms with Gasteiger partial charge in [-0.15, -0.1) is 0 Å². The molecule has 0 bridgehead atoms. The Bertz CT molecular complexity index is 305. The van der Waals surface area contributed by atoms with E-state index in [2.05, 4.69) is 10.6 Å². The van der Waals surface area contributed by atoms with Gasteiger partial charge in [0.2, 0.25) is 5.91 Å². The lowest BCUT2D eigenvalue weighted by atomic mass is 10.2. The third kappa shape index (κ3) is 5.16. The Kier molecular flexibility index (Phi) is 5.97. The third-order valence-electron chi connectivity index (χ3n) is 2.03. The molecule has 3 amide bonds. The van der Waals surface area contributed by atoms with Gasteiger partial charge in [0.05, 0.1) is 6.10 Å². The number of likely N-dealkylation sites (N-methyl/N-ethyl adjacent to an activating group) is 2. The highest BCUT2D eigenvalue weighted by atomic mass is 16.4. The number of carboxylic acids is 1. The number of aliphatic hydroxyl groups is 1. The average molecular weight is 247 g/mol. The van der Waals surface area contributed by atoms with Crippen molar-refractivity contribution in [3.05, 3.63) is 0 Å². The lowest BCUT2D eigenvalue weighted by molar-refractivity contribution is -0.141. The minimum absolute atomic E-state index is 0.200. The molecule has 0 aliphatic carbocycles. The van der Waals surface area contributed by atoms with Crippen molar-refractivity contribution in [1.82, 2.24) is 15.5 Å². The predicted molar refractivity (Wildman–Crippen MR) is 58.3 cm³/mol. The number of aliphatic hydroxyl groups excluding tert-OH is 1. The Labute approximate surface area is 98.6 Å². The Morgan fingerprint density at radius 3 is 2.24 bits per heavy atom. The van der Waals surface area contributed by atoms with Crippen LogP contribution in [0.3, 0.4) is 0 Å². The van der Waals surface area contributed by atoms with E-state index in [1.165, 1.54) is 21.0 Å². The second kappa shape index (κ2) is 6.69. The van der Waals surface area contributed by atoms with Crippen LogP contribution in [0.5, 0.6) is 0 Å². The molecule has 0 saturated carbocycles. The van der Waals surface area contributed by atoms with Crippen LogP contribution >= 0.6 is 0 Å². The summed E-state index contributed by atoms with van der Waals surface area (Å²) < 4.78 is 0. The van der Waals surface area contributed by atoms with Crippen molar-refractivity contribution in [2.75, 3.05) is 20.6 Å². The lowest BCUT2D eigenvalue weighted by Gasteiger charge is -2.22. The zero-order chi connectivity index (χ0) is 13.6. The van der Waals surface area contributed by atoms with E-state index in [1.807, 2.05) is 0 Å². The molecule has 0 aromatic heterocycles. The first kappa shape index (κ1) is 15.2. The number of carbonyl (C=O) groups is 3. The Morgan fingerprint density at radius 1 is 1.35 bits per heavy atom. The number of hydrogen-bond donors (Lipinski definition) is 4. The molecular formula is C9H17N3O5. The first-order chi connectivity index (χ1) is 7.79. The number of carbonyl (C=O) groups excluding carboxylic acids is 2. The van der Waals surface area contributed by atoms with Gasteiger partial charge in [-0.2, -0.15) is 0 Å². The molecule has 0 fully saturated rings. The van der Waals surface area contributed by atoms with Crippen LogP contribution < -0.4 is 10.6 Å². The SMILES string of the molecule is CNC(=O)CN(C)C(=O)N[C@H](C(=O)O)[C@@H](C)O. The maximum absolute atomic E-state index is 11.5. The van der Waals surface area contributed by atoms with Gasteiger partial charge in [-0.3, -0.25) is 4.79 Å². The molecule has 0 heterocycles. The summed E-state index contributed by atoms with van der Waals surface area (Å²) in [4.78, 5) is 34.2. The second-order valence-corrected chi connectivity index (χ2v) is 3.54. The summed E-state index contributed by atoms with van der Waals surface area (Å²) in [5, 5.41) is 22.3. The summed E-state index contributed by atoms with van der Waals surface area (Å²) >= 11 is 0. The summed E-state index contributed by atoms with van der Waals surface area (Å²) in [5.74, 6) is -1.73. The first-order valence-corrected chi connectivity index (χ1v) is 4.92. The summed E-state index contributed by atoms with van der Waals surface area (Å²) in [6, 6.07) is -2.16. The molecule has 0 aliphatic heterocycles. The van der Waals surface area contributed by atoms with Crippen LogP contribution in [0.25, 0.3) is 0 Å². The van der Waals surface area contributed by atoms with Gasteiger partial charge in [-0.25, -0.2) is 9.59 Å². The van der Waals surface area contributed by atoms with Crippen molar-refractivity contribution >= 4 is 17.9 Å². The molecule has 8 nitrogen and oxygen atoms in total. The monoisotopic (exact) mass is 247 g/mol. The molecule has 0 spiro atoms. The van der Waals surface area contributed by atoms with Gasteiger partial charge < -0.3 is 25.7 Å². The number of carboxylic acid groups (broad SMARTS) is 1. The van der Waals surface area contributed by atoms with E-state index in [9.17, 15) is 14.4 Å². The lowest BCUT2D eigenvalue weighted by Crippen LogP contribution is -2.52. The fourth-order valence-corrected chi connectivity index (χ4v) is 0.998. The number of hydrogen-bond acceptors (Lipinski definition) is 4. The summed E-state index contributed by atoms with van der Waals surface area (Å²) in [7, 11) is 2.76. The number of aliphatic carboxylic acids is 1. The normalized spacial score (nSPS) is 13.4. The summed E-state index contributed by atoms with van der Waals surface area (Å²) in [5.41, 5.74) is 0. The first-order valence-electron chi connectivity index (χ1n) is 4.92. The maximum atomic E-state index is 11.5. The van der Waals surface area contributed by atoms with Crippen LogP contribution in [0.1, 0.15) is 6.92 Å².